The van der Waals surface area contributed by atoms with E-state index >= 15 is 0 Å². The van der Waals surface area contributed by atoms with Crippen molar-refractivity contribution in [1.82, 2.24) is 14.8 Å². The molecule has 0 spiro atoms. The van der Waals surface area contributed by atoms with Gasteiger partial charge in [-0.2, -0.15) is 13.1 Å². The largest absolute Gasteiger partial charge is 0.447 e. The van der Waals surface area contributed by atoms with Gasteiger partial charge in [0.1, 0.15) is 12.2 Å². The van der Waals surface area contributed by atoms with Gasteiger partial charge < -0.3 is 29.1 Å². The van der Waals surface area contributed by atoms with Gasteiger partial charge in [0, 0.05) is 13.7 Å². The number of carbonyl (C=O) groups excluding carboxylic acids is 2. The lowest BCUT2D eigenvalue weighted by Crippen LogP contribution is -2.46. The molecule has 0 aliphatic rings. The summed E-state index contributed by atoms with van der Waals surface area (Å²) in [5, 5.41) is 2.28. The molecule has 0 unspecified atom stereocenters. The van der Waals surface area contributed by atoms with Gasteiger partial charge >= 0.3 is 22.4 Å². The Bertz CT molecular complexity index is 735. The third kappa shape index (κ3) is 15.4. The molecule has 0 aromatic rings. The normalized spacial score (nSPS) is 13.8. The highest BCUT2D eigenvalue weighted by Crippen LogP contribution is 2.40. The number of carbonyl (C=O) groups is 2. The van der Waals surface area contributed by atoms with Crippen molar-refractivity contribution in [1.29, 1.82) is 0 Å². The molecule has 2 amide bonds. The first-order valence-electron chi connectivity index (χ1n) is 11.1. The lowest BCUT2D eigenvalue weighted by Gasteiger charge is -2.36. The second kappa shape index (κ2) is 14.2. The maximum atomic E-state index is 12.2. The Balaban J connectivity index is 4.87. The van der Waals surface area contributed by atoms with Crippen molar-refractivity contribution >= 4 is 30.7 Å². The number of hydrogen-bond donors (Lipinski definition) is 4. The highest BCUT2D eigenvalue weighted by Gasteiger charge is 2.38. The van der Waals surface area contributed by atoms with Gasteiger partial charge in [-0.05, 0) is 51.7 Å². The number of rotatable bonds is 15. The Morgan fingerprint density at radius 3 is 2.18 bits per heavy atom. The molecule has 0 fully saturated rings. The molecule has 0 saturated heterocycles. The van der Waals surface area contributed by atoms with Gasteiger partial charge in [-0.1, -0.05) is 13.8 Å². The van der Waals surface area contributed by atoms with E-state index in [-0.39, 0.29) is 24.8 Å². The Hall–Kier alpha value is -1.45. The van der Waals surface area contributed by atoms with Crippen LogP contribution in [0.1, 0.15) is 47.5 Å². The Morgan fingerprint density at radius 1 is 1.03 bits per heavy atom. The molecule has 14 heteroatoms. The van der Waals surface area contributed by atoms with Gasteiger partial charge in [0.25, 0.3) is 0 Å². The van der Waals surface area contributed by atoms with Crippen molar-refractivity contribution in [2.24, 2.45) is 0 Å². The molecule has 0 aliphatic carbocycles. The van der Waals surface area contributed by atoms with Crippen molar-refractivity contribution in [3.05, 3.63) is 0 Å². The predicted molar refractivity (Wildman–Crippen MR) is 130 cm³/mol. The molecular weight excluding hydrogens is 486 g/mol. The van der Waals surface area contributed by atoms with E-state index in [1.165, 1.54) is 7.11 Å². The Labute approximate surface area is 204 Å². The average Bonchev–Trinajstić information content (AvgIpc) is 2.64. The fourth-order valence-electron chi connectivity index (χ4n) is 2.36. The SMILES string of the molecule is COCCOCCNS(=O)(=O)NC(=O)OC[C@H](CCC(C)(C)[Si](C)(C)O)NC(=O)OC(C)(C)C. The first kappa shape index (κ1) is 32.5. The molecule has 34 heavy (non-hydrogen) atoms. The van der Waals surface area contributed by atoms with Gasteiger partial charge in [0.05, 0.1) is 25.9 Å². The Kier molecular flexibility index (Phi) is 13.6. The molecule has 0 radical (unpaired) electrons. The van der Waals surface area contributed by atoms with Crippen LogP contribution in [0.15, 0.2) is 0 Å². The summed E-state index contributed by atoms with van der Waals surface area (Å²) in [6.45, 7) is 13.1. The molecule has 0 rings (SSSR count). The third-order valence-corrected chi connectivity index (χ3v) is 9.68. The van der Waals surface area contributed by atoms with Gasteiger partial charge in [-0.15, -0.1) is 0 Å². The van der Waals surface area contributed by atoms with Crippen molar-refractivity contribution in [2.75, 3.05) is 40.1 Å². The van der Waals surface area contributed by atoms with Gasteiger partial charge in [0.15, 0.2) is 8.32 Å². The molecule has 12 nitrogen and oxygen atoms in total. The molecular formula is C20H43N3O9SSi. The number of alkyl carbamates (subject to hydrolysis) is 1. The first-order chi connectivity index (χ1) is 15.4. The minimum absolute atomic E-state index is 0.0505. The molecule has 0 aliphatic heterocycles. The van der Waals surface area contributed by atoms with E-state index in [1.54, 1.807) is 25.5 Å². The second-order valence-electron chi connectivity index (χ2n) is 10.0. The van der Waals surface area contributed by atoms with Crippen LogP contribution in [0, 0.1) is 0 Å². The number of hydrogen-bond acceptors (Lipinski definition) is 9. The maximum Gasteiger partial charge on any atom is 0.421 e. The zero-order valence-electron chi connectivity index (χ0n) is 21.6. The van der Waals surface area contributed by atoms with Gasteiger partial charge in [-0.25, -0.2) is 14.3 Å². The van der Waals surface area contributed by atoms with E-state index in [1.807, 2.05) is 26.9 Å². The summed E-state index contributed by atoms with van der Waals surface area (Å²) < 4.78 is 48.1. The van der Waals surface area contributed by atoms with Crippen LogP contribution in [0.2, 0.25) is 18.1 Å². The maximum absolute atomic E-state index is 12.2. The summed E-state index contributed by atoms with van der Waals surface area (Å²) >= 11 is 0. The van der Waals surface area contributed by atoms with E-state index in [9.17, 15) is 22.8 Å². The molecule has 0 heterocycles. The van der Waals surface area contributed by atoms with E-state index in [0.717, 1.165) is 0 Å². The fourth-order valence-corrected chi connectivity index (χ4v) is 3.82. The zero-order valence-corrected chi connectivity index (χ0v) is 23.5. The summed E-state index contributed by atoms with van der Waals surface area (Å²) in [4.78, 5) is 34.8. The van der Waals surface area contributed by atoms with E-state index < -0.39 is 42.4 Å². The quantitative estimate of drug-likeness (QED) is 0.183. The molecule has 0 aromatic heterocycles. The summed E-state index contributed by atoms with van der Waals surface area (Å²) in [6.07, 6.45) is -0.972. The van der Waals surface area contributed by atoms with Crippen molar-refractivity contribution in [3.63, 3.8) is 0 Å². The minimum Gasteiger partial charge on any atom is -0.447 e. The average molecular weight is 530 g/mol. The Morgan fingerprint density at radius 2 is 1.65 bits per heavy atom. The summed E-state index contributed by atoms with van der Waals surface area (Å²) in [5.74, 6) is 0. The summed E-state index contributed by atoms with van der Waals surface area (Å²) in [6, 6.07) is -0.652. The van der Waals surface area contributed by atoms with Gasteiger partial charge in [0.2, 0.25) is 0 Å². The van der Waals surface area contributed by atoms with E-state index in [2.05, 4.69) is 10.0 Å². The van der Waals surface area contributed by atoms with Crippen LogP contribution in [0.3, 0.4) is 0 Å². The first-order valence-corrected chi connectivity index (χ1v) is 15.5. The lowest BCUT2D eigenvalue weighted by molar-refractivity contribution is 0.0466. The van der Waals surface area contributed by atoms with Crippen molar-refractivity contribution in [3.8, 4) is 0 Å². The molecule has 0 aromatic carbocycles. The molecule has 202 valence electrons. The second-order valence-corrected chi connectivity index (χ2v) is 16.0. The predicted octanol–water partition coefficient (Wildman–Crippen LogP) is 1.86. The monoisotopic (exact) mass is 529 g/mol. The number of nitrogens with one attached hydrogen (secondary N) is 3. The zero-order chi connectivity index (χ0) is 26.6. The standard InChI is InChI=1S/C20H43N3O9SSi/c1-19(2,3)32-17(24)22-16(9-10-20(4,5)34(7,8)28)15-31-18(25)23-33(26,27)21-11-12-30-14-13-29-6/h16,21,28H,9-15H2,1-8H3,(H,22,24)(H,23,25)/t16-/m0/s1. The molecule has 1 atom stereocenters. The summed E-state index contributed by atoms with van der Waals surface area (Å²) in [7, 11) is -5.13. The highest BCUT2D eigenvalue weighted by atomic mass is 32.2. The number of methoxy groups -OCH3 is 1. The van der Waals surface area contributed by atoms with Crippen LogP contribution in [-0.4, -0.2) is 85.4 Å². The van der Waals surface area contributed by atoms with E-state index in [0.29, 0.717) is 26.1 Å². The van der Waals surface area contributed by atoms with Crippen molar-refractivity contribution < 1.29 is 41.7 Å². The lowest BCUT2D eigenvalue weighted by atomic mass is 10.0. The number of amides is 2. The van der Waals surface area contributed by atoms with Crippen LogP contribution in [0.5, 0.6) is 0 Å². The van der Waals surface area contributed by atoms with Crippen LogP contribution < -0.4 is 14.8 Å². The fraction of sp³-hybridized carbons (Fsp3) is 0.900. The van der Waals surface area contributed by atoms with Crippen LogP contribution in [0.4, 0.5) is 9.59 Å². The summed E-state index contributed by atoms with van der Waals surface area (Å²) in [5.41, 5.74) is -0.723. The van der Waals surface area contributed by atoms with Crippen LogP contribution in [0.25, 0.3) is 0 Å². The van der Waals surface area contributed by atoms with Crippen molar-refractivity contribution in [2.45, 2.75) is 77.2 Å². The number of ether oxygens (including phenoxy) is 4. The van der Waals surface area contributed by atoms with E-state index in [4.69, 9.17) is 18.9 Å². The minimum atomic E-state index is -4.15. The molecule has 4 N–H and O–H groups in total. The smallest absolute Gasteiger partial charge is 0.421 e. The third-order valence-electron chi connectivity index (χ3n) is 5.10. The topological polar surface area (TPSA) is 162 Å². The van der Waals surface area contributed by atoms with Gasteiger partial charge in [-0.3, -0.25) is 0 Å². The highest BCUT2D eigenvalue weighted by molar-refractivity contribution is 7.88. The molecule has 0 saturated carbocycles. The molecule has 0 bridgehead atoms. The van der Waals surface area contributed by atoms with Crippen LogP contribution >= 0.6 is 0 Å². The van der Waals surface area contributed by atoms with Crippen LogP contribution in [-0.2, 0) is 29.2 Å².